The number of anilines is 1. The Morgan fingerprint density at radius 3 is 2.65 bits per heavy atom. The van der Waals surface area contributed by atoms with Crippen molar-refractivity contribution >= 4 is 17.5 Å². The Kier molecular flexibility index (Phi) is 4.94. The van der Waals surface area contributed by atoms with E-state index >= 15 is 0 Å². The molecule has 1 aliphatic rings. The molecule has 0 aliphatic carbocycles. The lowest BCUT2D eigenvalue weighted by molar-refractivity contribution is -0.124. The highest BCUT2D eigenvalue weighted by molar-refractivity contribution is 5.95. The molecular formula is C17H25N3O3. The van der Waals surface area contributed by atoms with Crippen molar-refractivity contribution in [2.75, 3.05) is 11.9 Å². The maximum Gasteiger partial charge on any atom is 0.262 e. The van der Waals surface area contributed by atoms with Crippen LogP contribution in [0.25, 0.3) is 0 Å². The first-order valence-electron chi connectivity index (χ1n) is 7.80. The molecule has 6 heteroatoms. The summed E-state index contributed by atoms with van der Waals surface area (Å²) < 4.78 is 5.35. The predicted octanol–water partition coefficient (Wildman–Crippen LogP) is 1.97. The Labute approximate surface area is 137 Å². The Bertz CT molecular complexity index is 608. The van der Waals surface area contributed by atoms with Gasteiger partial charge in [-0.15, -0.1) is 0 Å². The third kappa shape index (κ3) is 4.69. The van der Waals surface area contributed by atoms with Gasteiger partial charge in [-0.05, 0) is 52.3 Å². The van der Waals surface area contributed by atoms with Crippen molar-refractivity contribution in [2.45, 2.75) is 52.2 Å². The zero-order valence-corrected chi connectivity index (χ0v) is 14.3. The lowest BCUT2D eigenvalue weighted by atomic mass is 10.0. The van der Waals surface area contributed by atoms with Gasteiger partial charge in [-0.1, -0.05) is 6.07 Å². The van der Waals surface area contributed by atoms with E-state index in [1.165, 1.54) is 0 Å². The van der Waals surface area contributed by atoms with Gasteiger partial charge < -0.3 is 15.4 Å². The summed E-state index contributed by atoms with van der Waals surface area (Å²) in [5, 5.41) is 9.02. The van der Waals surface area contributed by atoms with E-state index in [9.17, 15) is 9.59 Å². The third-order valence-electron chi connectivity index (χ3n) is 3.53. The SMILES string of the molecule is C[C@@H](N[C@H](C)c1ccc2c(c1)NC(=O)CO2)C(=O)NC(C)(C)C. The van der Waals surface area contributed by atoms with Crippen molar-refractivity contribution in [1.29, 1.82) is 0 Å². The van der Waals surface area contributed by atoms with E-state index in [-0.39, 0.29) is 36.0 Å². The summed E-state index contributed by atoms with van der Waals surface area (Å²) in [6.07, 6.45) is 0. The molecule has 0 saturated heterocycles. The van der Waals surface area contributed by atoms with E-state index in [4.69, 9.17) is 4.74 Å². The number of carbonyl (C=O) groups is 2. The third-order valence-corrected chi connectivity index (χ3v) is 3.53. The molecule has 0 radical (unpaired) electrons. The molecule has 0 saturated carbocycles. The maximum absolute atomic E-state index is 12.2. The monoisotopic (exact) mass is 319 g/mol. The van der Waals surface area contributed by atoms with Gasteiger partial charge >= 0.3 is 0 Å². The van der Waals surface area contributed by atoms with Crippen LogP contribution in [0.5, 0.6) is 5.75 Å². The number of nitrogens with one attached hydrogen (secondary N) is 3. The predicted molar refractivity (Wildman–Crippen MR) is 89.5 cm³/mol. The molecule has 0 aromatic heterocycles. The van der Waals surface area contributed by atoms with Crippen LogP contribution in [0, 0.1) is 0 Å². The number of hydrogen-bond acceptors (Lipinski definition) is 4. The van der Waals surface area contributed by atoms with Crippen molar-refractivity contribution in [3.05, 3.63) is 23.8 Å². The molecule has 1 heterocycles. The second-order valence-electron chi connectivity index (χ2n) is 6.94. The van der Waals surface area contributed by atoms with E-state index in [0.717, 1.165) is 5.56 Å². The summed E-state index contributed by atoms with van der Waals surface area (Å²) in [7, 11) is 0. The molecule has 1 aliphatic heterocycles. The van der Waals surface area contributed by atoms with Gasteiger partial charge in [0.2, 0.25) is 5.91 Å². The Morgan fingerprint density at radius 1 is 1.30 bits per heavy atom. The lowest BCUT2D eigenvalue weighted by Gasteiger charge is -2.26. The normalized spacial score (nSPS) is 16.7. The van der Waals surface area contributed by atoms with Crippen LogP contribution in [0.1, 0.15) is 46.2 Å². The average Bonchev–Trinajstić information content (AvgIpc) is 2.44. The molecule has 0 unspecified atom stereocenters. The number of benzene rings is 1. The van der Waals surface area contributed by atoms with Gasteiger partial charge in [-0.3, -0.25) is 14.9 Å². The highest BCUT2D eigenvalue weighted by Gasteiger charge is 2.22. The van der Waals surface area contributed by atoms with Crippen LogP contribution < -0.4 is 20.7 Å². The summed E-state index contributed by atoms with van der Waals surface area (Å²) in [6.45, 7) is 9.72. The molecule has 1 aromatic carbocycles. The molecule has 1 aromatic rings. The largest absolute Gasteiger partial charge is 0.482 e. The molecular weight excluding hydrogens is 294 g/mol. The standard InChI is InChI=1S/C17H25N3O3/c1-10(18-11(2)16(22)20-17(3,4)5)12-6-7-14-13(8-12)19-15(21)9-23-14/h6-8,10-11,18H,9H2,1-5H3,(H,19,21)(H,20,22)/t10-,11-/m1/s1. The maximum atomic E-state index is 12.2. The zero-order valence-electron chi connectivity index (χ0n) is 14.3. The minimum atomic E-state index is -0.328. The van der Waals surface area contributed by atoms with E-state index in [2.05, 4.69) is 16.0 Å². The number of ether oxygens (including phenoxy) is 1. The van der Waals surface area contributed by atoms with Gasteiger partial charge in [0, 0.05) is 11.6 Å². The summed E-state index contributed by atoms with van der Waals surface area (Å²) >= 11 is 0. The molecule has 126 valence electrons. The molecule has 2 atom stereocenters. The summed E-state index contributed by atoms with van der Waals surface area (Å²) in [5.74, 6) is 0.464. The van der Waals surface area contributed by atoms with E-state index in [1.807, 2.05) is 52.8 Å². The molecule has 0 bridgehead atoms. The van der Waals surface area contributed by atoms with Crippen LogP contribution in [-0.4, -0.2) is 30.0 Å². The van der Waals surface area contributed by atoms with Crippen LogP contribution in [0.4, 0.5) is 5.69 Å². The number of rotatable bonds is 4. The van der Waals surface area contributed by atoms with Crippen LogP contribution in [0.15, 0.2) is 18.2 Å². The molecule has 6 nitrogen and oxygen atoms in total. The van der Waals surface area contributed by atoms with Gasteiger partial charge in [-0.25, -0.2) is 0 Å². The Morgan fingerprint density at radius 2 is 2.00 bits per heavy atom. The molecule has 2 rings (SSSR count). The van der Waals surface area contributed by atoms with Crippen molar-refractivity contribution in [1.82, 2.24) is 10.6 Å². The van der Waals surface area contributed by atoms with Gasteiger partial charge in [0.05, 0.1) is 11.7 Å². The molecule has 2 amide bonds. The van der Waals surface area contributed by atoms with Crippen LogP contribution in [0.2, 0.25) is 0 Å². The first kappa shape index (κ1) is 17.3. The number of hydrogen-bond donors (Lipinski definition) is 3. The molecule has 3 N–H and O–H groups in total. The zero-order chi connectivity index (χ0) is 17.2. The van der Waals surface area contributed by atoms with Crippen LogP contribution in [-0.2, 0) is 9.59 Å². The van der Waals surface area contributed by atoms with E-state index in [0.29, 0.717) is 11.4 Å². The average molecular weight is 319 g/mol. The molecule has 23 heavy (non-hydrogen) atoms. The van der Waals surface area contributed by atoms with E-state index in [1.54, 1.807) is 0 Å². The Hall–Kier alpha value is -2.08. The lowest BCUT2D eigenvalue weighted by Crippen LogP contribution is -2.49. The minimum Gasteiger partial charge on any atom is -0.482 e. The number of carbonyl (C=O) groups excluding carboxylic acids is 2. The quantitative estimate of drug-likeness (QED) is 0.793. The fourth-order valence-electron chi connectivity index (χ4n) is 2.39. The smallest absolute Gasteiger partial charge is 0.262 e. The molecule has 0 fully saturated rings. The van der Waals surface area contributed by atoms with Crippen molar-refractivity contribution < 1.29 is 14.3 Å². The second kappa shape index (κ2) is 6.58. The summed E-state index contributed by atoms with van der Waals surface area (Å²) in [4.78, 5) is 23.6. The van der Waals surface area contributed by atoms with Crippen LogP contribution in [0.3, 0.4) is 0 Å². The van der Waals surface area contributed by atoms with Crippen molar-refractivity contribution in [3.63, 3.8) is 0 Å². The minimum absolute atomic E-state index is 0.0418. The van der Waals surface area contributed by atoms with E-state index < -0.39 is 0 Å². The fraction of sp³-hybridized carbons (Fsp3) is 0.529. The van der Waals surface area contributed by atoms with Gasteiger partial charge in [-0.2, -0.15) is 0 Å². The Balaban J connectivity index is 2.03. The highest BCUT2D eigenvalue weighted by Crippen LogP contribution is 2.30. The first-order chi connectivity index (χ1) is 10.7. The van der Waals surface area contributed by atoms with Crippen LogP contribution >= 0.6 is 0 Å². The van der Waals surface area contributed by atoms with Crippen molar-refractivity contribution in [3.8, 4) is 5.75 Å². The summed E-state index contributed by atoms with van der Waals surface area (Å²) in [6, 6.07) is 5.27. The highest BCUT2D eigenvalue weighted by atomic mass is 16.5. The number of amides is 2. The van der Waals surface area contributed by atoms with Crippen molar-refractivity contribution in [2.24, 2.45) is 0 Å². The molecule has 0 spiro atoms. The first-order valence-corrected chi connectivity index (χ1v) is 7.80. The second-order valence-corrected chi connectivity index (χ2v) is 6.94. The fourth-order valence-corrected chi connectivity index (χ4v) is 2.39. The van der Waals surface area contributed by atoms with Gasteiger partial charge in [0.15, 0.2) is 6.61 Å². The topological polar surface area (TPSA) is 79.5 Å². The van der Waals surface area contributed by atoms with Gasteiger partial charge in [0.25, 0.3) is 5.91 Å². The summed E-state index contributed by atoms with van der Waals surface area (Å²) in [5.41, 5.74) is 1.38. The van der Waals surface area contributed by atoms with Gasteiger partial charge in [0.1, 0.15) is 5.75 Å². The number of fused-ring (bicyclic) bond motifs is 1.